The van der Waals surface area contributed by atoms with Gasteiger partial charge >= 0.3 is 0 Å². The van der Waals surface area contributed by atoms with Crippen LogP contribution in [0.15, 0.2) is 24.5 Å². The van der Waals surface area contributed by atoms with Crippen LogP contribution < -0.4 is 0 Å². The number of aryl methyl sites for hydroxylation is 2. The fourth-order valence-corrected chi connectivity index (χ4v) is 1.55. The van der Waals surface area contributed by atoms with Crippen LogP contribution in [-0.2, 0) is 13.5 Å². The molecule has 0 N–H and O–H groups in total. The highest BCUT2D eigenvalue weighted by atomic mass is 14.9. The molecule has 0 unspecified atom stereocenters. The molecule has 2 heterocycles. The lowest BCUT2D eigenvalue weighted by Gasteiger charge is -1.92. The third-order valence-corrected chi connectivity index (χ3v) is 2.20. The van der Waals surface area contributed by atoms with Gasteiger partial charge in [0.1, 0.15) is 0 Å². The van der Waals surface area contributed by atoms with Crippen molar-refractivity contribution in [3.63, 3.8) is 0 Å². The summed E-state index contributed by atoms with van der Waals surface area (Å²) in [4.78, 5) is 4.35. The number of fused-ring (bicyclic) bond motifs is 1. The zero-order valence-corrected chi connectivity index (χ0v) is 7.41. The topological polar surface area (TPSA) is 17.8 Å². The van der Waals surface area contributed by atoms with Gasteiger partial charge in [0.2, 0.25) is 0 Å². The smallest absolute Gasteiger partial charge is 0.0912 e. The minimum absolute atomic E-state index is 1.05. The van der Waals surface area contributed by atoms with E-state index >= 15 is 0 Å². The largest absolute Gasteiger partial charge is 0.349 e. The highest BCUT2D eigenvalue weighted by molar-refractivity contribution is 5.79. The van der Waals surface area contributed by atoms with Crippen LogP contribution >= 0.6 is 0 Å². The van der Waals surface area contributed by atoms with E-state index in [9.17, 15) is 0 Å². The average molecular weight is 160 g/mol. The molecule has 0 saturated carbocycles. The molecular formula is C10H12N2. The lowest BCUT2D eigenvalue weighted by molar-refractivity contribution is 0.954. The maximum atomic E-state index is 4.35. The monoisotopic (exact) mass is 160 g/mol. The summed E-state index contributed by atoms with van der Waals surface area (Å²) >= 11 is 0. The van der Waals surface area contributed by atoms with Gasteiger partial charge in [-0.15, -0.1) is 0 Å². The van der Waals surface area contributed by atoms with Crippen molar-refractivity contribution in [3.8, 4) is 0 Å². The lowest BCUT2D eigenvalue weighted by Crippen LogP contribution is -1.82. The zero-order chi connectivity index (χ0) is 8.55. The molecule has 2 aromatic heterocycles. The average Bonchev–Trinajstić information content (AvgIpc) is 2.44. The standard InChI is InChI=1S/C10H12N2/c1-3-8-7-12(2)9-5-4-6-11-10(8)9/h4-7H,3H2,1-2H3. The van der Waals surface area contributed by atoms with Crippen molar-refractivity contribution < 1.29 is 0 Å². The van der Waals surface area contributed by atoms with E-state index in [1.165, 1.54) is 11.1 Å². The third kappa shape index (κ3) is 0.916. The SMILES string of the molecule is CCc1cn(C)c2cccnc12. The molecule has 0 amide bonds. The Morgan fingerprint density at radius 1 is 1.50 bits per heavy atom. The Hall–Kier alpha value is -1.31. The van der Waals surface area contributed by atoms with Crippen LogP contribution in [0.1, 0.15) is 12.5 Å². The van der Waals surface area contributed by atoms with Gasteiger partial charge < -0.3 is 4.57 Å². The van der Waals surface area contributed by atoms with E-state index in [2.05, 4.69) is 35.8 Å². The summed E-state index contributed by atoms with van der Waals surface area (Å²) in [6.07, 6.45) is 5.05. The summed E-state index contributed by atoms with van der Waals surface area (Å²) in [5.41, 5.74) is 3.69. The summed E-state index contributed by atoms with van der Waals surface area (Å²) < 4.78 is 2.13. The van der Waals surface area contributed by atoms with Crippen molar-refractivity contribution >= 4 is 11.0 Å². The predicted octanol–water partition coefficient (Wildman–Crippen LogP) is 2.14. The first kappa shape index (κ1) is 7.35. The van der Waals surface area contributed by atoms with Gasteiger partial charge in [-0.1, -0.05) is 6.92 Å². The van der Waals surface area contributed by atoms with Gasteiger partial charge in [0.05, 0.1) is 11.0 Å². The second kappa shape index (κ2) is 2.63. The highest BCUT2D eigenvalue weighted by Crippen LogP contribution is 2.17. The van der Waals surface area contributed by atoms with Gasteiger partial charge in [-0.2, -0.15) is 0 Å². The van der Waals surface area contributed by atoms with Crippen LogP contribution in [-0.4, -0.2) is 9.55 Å². The molecule has 0 bridgehead atoms. The highest BCUT2D eigenvalue weighted by Gasteiger charge is 2.03. The molecule has 0 fully saturated rings. The molecule has 2 heteroatoms. The van der Waals surface area contributed by atoms with Crippen LogP contribution in [0.25, 0.3) is 11.0 Å². The fourth-order valence-electron chi connectivity index (χ4n) is 1.55. The third-order valence-electron chi connectivity index (χ3n) is 2.20. The molecule has 0 aliphatic heterocycles. The first-order valence-corrected chi connectivity index (χ1v) is 4.22. The summed E-state index contributed by atoms with van der Waals surface area (Å²) in [5.74, 6) is 0. The van der Waals surface area contributed by atoms with E-state index in [1.54, 1.807) is 0 Å². The van der Waals surface area contributed by atoms with E-state index in [4.69, 9.17) is 0 Å². The Balaban J connectivity index is 2.82. The normalized spacial score (nSPS) is 10.8. The van der Waals surface area contributed by atoms with E-state index < -0.39 is 0 Å². The van der Waals surface area contributed by atoms with Crippen molar-refractivity contribution in [1.82, 2.24) is 9.55 Å². The van der Waals surface area contributed by atoms with Crippen molar-refractivity contribution in [2.75, 3.05) is 0 Å². The van der Waals surface area contributed by atoms with E-state index in [0.29, 0.717) is 0 Å². The van der Waals surface area contributed by atoms with Gasteiger partial charge in [-0.25, -0.2) is 0 Å². The Bertz CT molecular complexity index is 401. The molecule has 0 radical (unpaired) electrons. The first-order chi connectivity index (χ1) is 5.83. The number of nitrogens with zero attached hydrogens (tertiary/aromatic N) is 2. The molecular weight excluding hydrogens is 148 g/mol. The Labute approximate surface area is 71.8 Å². The Morgan fingerprint density at radius 2 is 2.33 bits per heavy atom. The van der Waals surface area contributed by atoms with Gasteiger partial charge in [-0.3, -0.25) is 4.98 Å². The minimum atomic E-state index is 1.05. The number of rotatable bonds is 1. The summed E-state index contributed by atoms with van der Waals surface area (Å²) in [6.45, 7) is 2.16. The number of pyridine rings is 1. The van der Waals surface area contributed by atoms with Gasteiger partial charge in [0.25, 0.3) is 0 Å². The zero-order valence-electron chi connectivity index (χ0n) is 7.41. The van der Waals surface area contributed by atoms with Crippen LogP contribution in [0.2, 0.25) is 0 Å². The van der Waals surface area contributed by atoms with Crippen molar-refractivity contribution in [2.45, 2.75) is 13.3 Å². The Kier molecular flexibility index (Phi) is 1.61. The predicted molar refractivity (Wildman–Crippen MR) is 50.1 cm³/mol. The molecule has 2 nitrogen and oxygen atoms in total. The van der Waals surface area contributed by atoms with Crippen LogP contribution in [0.5, 0.6) is 0 Å². The molecule has 0 aliphatic rings. The summed E-state index contributed by atoms with van der Waals surface area (Å²) in [5, 5.41) is 0. The molecule has 2 rings (SSSR count). The second-order valence-corrected chi connectivity index (χ2v) is 2.99. The van der Waals surface area contributed by atoms with Crippen LogP contribution in [0.4, 0.5) is 0 Å². The summed E-state index contributed by atoms with van der Waals surface area (Å²) in [6, 6.07) is 4.07. The van der Waals surface area contributed by atoms with Gasteiger partial charge in [0.15, 0.2) is 0 Å². The molecule has 0 atom stereocenters. The number of aromatic nitrogens is 2. The number of hydrogen-bond donors (Lipinski definition) is 0. The summed E-state index contributed by atoms with van der Waals surface area (Å²) in [7, 11) is 2.06. The number of hydrogen-bond acceptors (Lipinski definition) is 1. The minimum Gasteiger partial charge on any atom is -0.349 e. The van der Waals surface area contributed by atoms with Gasteiger partial charge in [-0.05, 0) is 24.1 Å². The lowest BCUT2D eigenvalue weighted by atomic mass is 10.2. The molecule has 2 aromatic rings. The maximum Gasteiger partial charge on any atom is 0.0912 e. The van der Waals surface area contributed by atoms with E-state index in [0.717, 1.165) is 11.9 Å². The van der Waals surface area contributed by atoms with E-state index in [-0.39, 0.29) is 0 Å². The first-order valence-electron chi connectivity index (χ1n) is 4.22. The Morgan fingerprint density at radius 3 is 3.08 bits per heavy atom. The molecule has 0 aliphatic carbocycles. The van der Waals surface area contributed by atoms with Crippen molar-refractivity contribution in [1.29, 1.82) is 0 Å². The molecule has 0 aromatic carbocycles. The van der Waals surface area contributed by atoms with E-state index in [1.807, 2.05) is 12.3 Å². The van der Waals surface area contributed by atoms with Crippen LogP contribution in [0.3, 0.4) is 0 Å². The molecule has 0 saturated heterocycles. The van der Waals surface area contributed by atoms with Crippen molar-refractivity contribution in [3.05, 3.63) is 30.1 Å². The maximum absolute atomic E-state index is 4.35. The molecule has 62 valence electrons. The van der Waals surface area contributed by atoms with Crippen molar-refractivity contribution in [2.24, 2.45) is 7.05 Å². The second-order valence-electron chi connectivity index (χ2n) is 2.99. The molecule has 12 heavy (non-hydrogen) atoms. The van der Waals surface area contributed by atoms with Crippen LogP contribution in [0, 0.1) is 0 Å². The molecule has 0 spiro atoms. The fraction of sp³-hybridized carbons (Fsp3) is 0.300. The quantitative estimate of drug-likeness (QED) is 0.625. The van der Waals surface area contributed by atoms with Gasteiger partial charge in [0, 0.05) is 19.4 Å².